The molecule has 2 aliphatic heterocycles. The lowest BCUT2D eigenvalue weighted by molar-refractivity contribution is -0.139. The number of nitrogens with zero attached hydrogens (tertiary/aromatic N) is 9. The van der Waals surface area contributed by atoms with Crippen LogP contribution in [-0.4, -0.2) is 113 Å². The van der Waals surface area contributed by atoms with Gasteiger partial charge < -0.3 is 28.6 Å². The lowest BCUT2D eigenvalue weighted by Crippen LogP contribution is -2.39. The molecule has 7 heterocycles. The fourth-order valence-corrected chi connectivity index (χ4v) is 10.8. The lowest BCUT2D eigenvalue weighted by Gasteiger charge is -2.28. The summed E-state index contributed by atoms with van der Waals surface area (Å²) in [6, 6.07) is 14.2. The molecule has 382 valence electrons. The fraction of sp³-hybridized carbons (Fsp3) is 0.267. The van der Waals surface area contributed by atoms with Crippen molar-refractivity contribution in [2.75, 3.05) is 49.9 Å². The van der Waals surface area contributed by atoms with Crippen molar-refractivity contribution in [3.8, 4) is 35.6 Å². The summed E-state index contributed by atoms with van der Waals surface area (Å²) in [4.78, 5) is 57.1. The van der Waals surface area contributed by atoms with E-state index < -0.39 is 54.3 Å². The van der Waals surface area contributed by atoms with E-state index in [1.165, 1.54) is 74.1 Å². The Balaban J connectivity index is 0.000000168. The number of methoxy groups -OCH3 is 2. The molecule has 0 saturated heterocycles. The minimum absolute atomic E-state index is 0.0584. The third-order valence-electron chi connectivity index (χ3n) is 10.4. The van der Waals surface area contributed by atoms with Crippen molar-refractivity contribution >= 4 is 94.8 Å². The van der Waals surface area contributed by atoms with Gasteiger partial charge >= 0.3 is 12.0 Å². The number of carbonyl (C=O) groups is 3. The van der Waals surface area contributed by atoms with Crippen LogP contribution in [0.2, 0.25) is 5.02 Å². The van der Waals surface area contributed by atoms with Gasteiger partial charge in [0.2, 0.25) is 22.5 Å². The Hall–Kier alpha value is -7.93. The van der Waals surface area contributed by atoms with Crippen molar-refractivity contribution in [1.82, 2.24) is 38.0 Å². The predicted molar refractivity (Wildman–Crippen MR) is 263 cm³/mol. The maximum Gasteiger partial charge on any atom is 0.341 e. The van der Waals surface area contributed by atoms with E-state index in [9.17, 15) is 35.6 Å². The first-order valence-electron chi connectivity index (χ1n) is 21.4. The second-order valence-corrected chi connectivity index (χ2v) is 21.1. The number of aliphatic carboxylic acids is 1. The number of terminal acetylenes is 1. The van der Waals surface area contributed by atoms with Crippen molar-refractivity contribution in [2.24, 2.45) is 10.4 Å². The predicted octanol–water partition coefficient (Wildman–Crippen LogP) is 5.05. The summed E-state index contributed by atoms with van der Waals surface area (Å²) >= 11 is 7.22. The van der Waals surface area contributed by atoms with Crippen LogP contribution in [0.25, 0.3) is 16.6 Å². The Morgan fingerprint density at radius 2 is 1.79 bits per heavy atom. The largest absolute Gasteiger partial charge is 0.481 e. The normalized spacial score (nSPS) is 13.8. The van der Waals surface area contributed by atoms with Crippen molar-refractivity contribution in [3.05, 3.63) is 94.5 Å². The summed E-state index contributed by atoms with van der Waals surface area (Å²) in [6.07, 6.45) is 9.14. The first-order valence-corrected chi connectivity index (χ1v) is 25.6. The van der Waals surface area contributed by atoms with Gasteiger partial charge in [-0.1, -0.05) is 44.4 Å². The average Bonchev–Trinajstić information content (AvgIpc) is 4.03. The van der Waals surface area contributed by atoms with Crippen LogP contribution in [-0.2, 0) is 42.4 Å². The molecule has 7 aromatic rings. The summed E-state index contributed by atoms with van der Waals surface area (Å²) in [5.41, 5.74) is 1.32. The number of anilines is 2. The number of fused-ring (bicyclic) bond motifs is 4. The standard InChI is InChI=1S/C18H17FN4O2S.C16H18N6O7S2.C11H8ClNO3/c1-4-5-22-13-7-12(11(19)6-14(13)25-9-16(22)24)20-17-23-10-18(2,3)8-15(23)21-26-17;1-4-30(24,25)13-14(22-8-6-5-7-10(22)17-13)31(26,27)21-16(23)20-15-18-11(28-2)9-12(19-15)29-3;12-8-3-4-9(16-6-10(14)15)11-7(8)2-1-5-13-11/h1,6-7H,5,8-10H2,2-3H3;5-9H,4H2,1-3H3,(H2,18,19,20,21,23);1-5H,6H2,(H,14,15)/b20-17-;;. The summed E-state index contributed by atoms with van der Waals surface area (Å²) in [7, 11) is -6.04. The monoisotopic (exact) mass is 1080 g/mol. The van der Waals surface area contributed by atoms with Crippen LogP contribution in [0.5, 0.6) is 23.3 Å². The quantitative estimate of drug-likeness (QED) is 0.135. The number of carboxylic acids is 1. The molecule has 0 unspecified atom stereocenters. The molecular formula is C45H43ClFN11O12S3. The van der Waals surface area contributed by atoms with E-state index in [1.807, 2.05) is 4.57 Å². The van der Waals surface area contributed by atoms with Gasteiger partial charge in [-0.2, -0.15) is 22.8 Å². The number of carboxylic acid groups (broad SMARTS) is 1. The second kappa shape index (κ2) is 21.8. The molecule has 9 rings (SSSR count). The number of pyridine rings is 2. The molecule has 0 radical (unpaired) electrons. The molecule has 0 spiro atoms. The fourth-order valence-electron chi connectivity index (χ4n) is 7.12. The Morgan fingerprint density at radius 1 is 1.05 bits per heavy atom. The maximum absolute atomic E-state index is 14.5. The van der Waals surface area contributed by atoms with Crippen molar-refractivity contribution in [3.63, 3.8) is 0 Å². The number of hydrogen-bond acceptors (Lipinski definition) is 18. The Labute approximate surface area is 424 Å². The van der Waals surface area contributed by atoms with Crippen LogP contribution in [0.1, 0.15) is 26.6 Å². The van der Waals surface area contributed by atoms with Gasteiger partial charge in [-0.15, -0.1) is 6.42 Å². The number of urea groups is 1. The number of rotatable bonds is 12. The number of halogens is 2. The van der Waals surface area contributed by atoms with Gasteiger partial charge in [-0.3, -0.25) is 24.4 Å². The van der Waals surface area contributed by atoms with Crippen LogP contribution in [0.4, 0.5) is 26.5 Å². The van der Waals surface area contributed by atoms with Crippen LogP contribution in [0, 0.1) is 23.6 Å². The number of benzene rings is 2. The highest BCUT2D eigenvalue weighted by molar-refractivity contribution is 7.93. The molecule has 2 aliphatic rings. The van der Waals surface area contributed by atoms with E-state index in [1.54, 1.807) is 41.3 Å². The topological polar surface area (TPSA) is 290 Å². The Morgan fingerprint density at radius 3 is 2.48 bits per heavy atom. The highest BCUT2D eigenvalue weighted by Crippen LogP contribution is 2.38. The number of sulfone groups is 1. The molecule has 23 nitrogen and oxygen atoms in total. The smallest absolute Gasteiger partial charge is 0.341 e. The molecular weight excluding hydrogens is 1040 g/mol. The molecule has 73 heavy (non-hydrogen) atoms. The molecule has 3 N–H and O–H groups in total. The average molecular weight is 1080 g/mol. The zero-order valence-corrected chi connectivity index (χ0v) is 42.4. The number of amides is 3. The Kier molecular flexibility index (Phi) is 15.8. The zero-order valence-electron chi connectivity index (χ0n) is 39.2. The van der Waals surface area contributed by atoms with Crippen LogP contribution >= 0.6 is 23.1 Å². The number of carbonyl (C=O) groups excluding carboxylic acids is 2. The first kappa shape index (κ1) is 52.9. The molecule has 28 heteroatoms. The van der Waals surface area contributed by atoms with E-state index in [-0.39, 0.29) is 59.3 Å². The van der Waals surface area contributed by atoms with Gasteiger partial charge in [0.25, 0.3) is 15.9 Å². The van der Waals surface area contributed by atoms with Crippen LogP contribution < -0.4 is 38.7 Å². The van der Waals surface area contributed by atoms with E-state index in [4.69, 9.17) is 42.1 Å². The van der Waals surface area contributed by atoms with Gasteiger partial charge in [0.15, 0.2) is 38.9 Å². The third-order valence-corrected chi connectivity index (χ3v) is 14.6. The SMILES string of the molecule is C#CCN1C(=O)COc2cc(F)c(/N=c3\snc4n3CC(C)(C)C4)cc21.CCS(=O)(=O)c1nc2ccccn2c1S(=O)(=O)NC(=O)Nc1nc(OC)cc(OC)n1.O=C(O)COc1ccc(Cl)c2cccnc12. The number of aromatic nitrogens is 7. The third kappa shape index (κ3) is 12.1. The van der Waals surface area contributed by atoms with Crippen molar-refractivity contribution < 1.29 is 59.7 Å². The van der Waals surface area contributed by atoms with E-state index in [0.717, 1.165) is 28.6 Å². The van der Waals surface area contributed by atoms with E-state index >= 15 is 0 Å². The molecule has 0 fully saturated rings. The minimum Gasteiger partial charge on any atom is -0.481 e. The maximum atomic E-state index is 14.5. The number of imidazole rings is 1. The number of nitrogens with one attached hydrogen (secondary N) is 2. The summed E-state index contributed by atoms with van der Waals surface area (Å²) in [6.45, 7) is 6.01. The van der Waals surface area contributed by atoms with Gasteiger partial charge in [0, 0.05) is 48.3 Å². The summed E-state index contributed by atoms with van der Waals surface area (Å²) < 4.78 is 94.9. The highest BCUT2D eigenvalue weighted by atomic mass is 35.5. The van der Waals surface area contributed by atoms with E-state index in [0.29, 0.717) is 32.5 Å². The number of sulfonamides is 1. The summed E-state index contributed by atoms with van der Waals surface area (Å²) in [5, 5.41) is 10.6. The molecule has 0 aliphatic carbocycles. The van der Waals surface area contributed by atoms with Crippen LogP contribution in [0.3, 0.4) is 0 Å². The molecule has 5 aromatic heterocycles. The molecule has 0 atom stereocenters. The van der Waals surface area contributed by atoms with Crippen LogP contribution in [0.15, 0.2) is 88.1 Å². The van der Waals surface area contributed by atoms with Gasteiger partial charge in [0.1, 0.15) is 34.2 Å². The summed E-state index contributed by atoms with van der Waals surface area (Å²) in [5.74, 6) is 1.74. The van der Waals surface area contributed by atoms with E-state index in [2.05, 4.69) is 54.4 Å². The Bertz CT molecular complexity index is 3610. The lowest BCUT2D eigenvalue weighted by atomic mass is 9.92. The van der Waals surface area contributed by atoms with Crippen molar-refractivity contribution in [2.45, 2.75) is 43.8 Å². The molecule has 3 amide bonds. The highest BCUT2D eigenvalue weighted by Gasteiger charge is 2.34. The van der Waals surface area contributed by atoms with Gasteiger partial charge in [-0.25, -0.2) is 37.1 Å². The molecule has 0 saturated carbocycles. The minimum atomic E-state index is -4.68. The second-order valence-electron chi connectivity index (χ2n) is 16.2. The number of ether oxygens (including phenoxy) is 4. The van der Waals surface area contributed by atoms with Crippen molar-refractivity contribution in [1.29, 1.82) is 0 Å². The van der Waals surface area contributed by atoms with Gasteiger partial charge in [-0.05, 0) is 47.9 Å². The first-order chi connectivity index (χ1) is 34.7. The molecule has 0 bridgehead atoms. The molecule has 2 aromatic carbocycles. The number of hydrogen-bond donors (Lipinski definition) is 3. The zero-order chi connectivity index (χ0) is 52.8. The van der Waals surface area contributed by atoms with Gasteiger partial charge in [0.05, 0.1) is 43.3 Å².